The van der Waals surface area contributed by atoms with Gasteiger partial charge in [0.1, 0.15) is 12.4 Å². The topological polar surface area (TPSA) is 44.7 Å². The molecule has 3 aromatic rings. The van der Waals surface area contributed by atoms with E-state index in [0.29, 0.717) is 13.2 Å². The number of benzene rings is 3. The van der Waals surface area contributed by atoms with Crippen molar-refractivity contribution >= 4 is 27.7 Å². The molecule has 142 valence electrons. The summed E-state index contributed by atoms with van der Waals surface area (Å²) in [4.78, 5) is 0. The van der Waals surface area contributed by atoms with Crippen LogP contribution in [-0.2, 0) is 6.61 Å². The molecule has 3 aromatic carbocycles. The van der Waals surface area contributed by atoms with Crippen LogP contribution in [0.4, 0.5) is 5.69 Å². The quantitative estimate of drug-likeness (QED) is 0.605. The summed E-state index contributed by atoms with van der Waals surface area (Å²) in [6, 6.07) is 25.8. The highest BCUT2D eigenvalue weighted by Crippen LogP contribution is 2.28. The molecule has 1 aliphatic heterocycles. The van der Waals surface area contributed by atoms with Crippen LogP contribution in [0.3, 0.4) is 0 Å². The predicted octanol–water partition coefficient (Wildman–Crippen LogP) is 4.75. The number of aliphatic hydroxyl groups excluding tert-OH is 1. The Morgan fingerprint density at radius 1 is 1.00 bits per heavy atom. The fraction of sp³-hybridized carbons (Fsp3) is 0.130. The number of aliphatic hydroxyl groups is 1. The van der Waals surface area contributed by atoms with Crippen molar-refractivity contribution in [2.45, 2.75) is 12.8 Å². The number of hydrogen-bond donors (Lipinski definition) is 2. The van der Waals surface area contributed by atoms with E-state index in [1.165, 1.54) is 0 Å². The van der Waals surface area contributed by atoms with E-state index in [-0.39, 0.29) is 0 Å². The lowest BCUT2D eigenvalue weighted by Crippen LogP contribution is -2.37. The van der Waals surface area contributed by atoms with Crippen molar-refractivity contribution in [2.75, 3.05) is 11.6 Å². The van der Waals surface area contributed by atoms with Gasteiger partial charge in [-0.25, -0.2) is 5.43 Å². The number of halogens is 1. The van der Waals surface area contributed by atoms with Gasteiger partial charge in [0.2, 0.25) is 0 Å². The van der Waals surface area contributed by atoms with Gasteiger partial charge < -0.3 is 9.84 Å². The standard InChI is InChI=1S/C23H21BrN2O2/c24-20-10-12-21(13-11-20)26-23(27)19(15-25-26)14-18-8-4-5-9-22(18)28-16-17-6-2-1-3-7-17/h1-14,23,25,27H,15-16H2. The van der Waals surface area contributed by atoms with E-state index >= 15 is 0 Å². The summed E-state index contributed by atoms with van der Waals surface area (Å²) in [7, 11) is 0. The Labute approximate surface area is 173 Å². The van der Waals surface area contributed by atoms with E-state index in [9.17, 15) is 5.11 Å². The summed E-state index contributed by atoms with van der Waals surface area (Å²) in [5.74, 6) is 0.799. The van der Waals surface area contributed by atoms with Crippen LogP contribution in [0.25, 0.3) is 6.08 Å². The van der Waals surface area contributed by atoms with Gasteiger partial charge >= 0.3 is 0 Å². The number of para-hydroxylation sites is 1. The van der Waals surface area contributed by atoms with Gasteiger partial charge in [-0.15, -0.1) is 0 Å². The zero-order valence-electron chi connectivity index (χ0n) is 15.3. The van der Waals surface area contributed by atoms with E-state index in [0.717, 1.165) is 32.6 Å². The first kappa shape index (κ1) is 18.7. The van der Waals surface area contributed by atoms with Crippen molar-refractivity contribution in [1.29, 1.82) is 0 Å². The molecule has 0 aliphatic carbocycles. The van der Waals surface area contributed by atoms with Gasteiger partial charge in [-0.2, -0.15) is 0 Å². The second kappa shape index (κ2) is 8.61. The highest BCUT2D eigenvalue weighted by atomic mass is 79.9. The minimum Gasteiger partial charge on any atom is -0.488 e. The maximum absolute atomic E-state index is 10.8. The molecule has 0 bridgehead atoms. The highest BCUT2D eigenvalue weighted by Gasteiger charge is 2.27. The van der Waals surface area contributed by atoms with Crippen molar-refractivity contribution < 1.29 is 9.84 Å². The van der Waals surface area contributed by atoms with Gasteiger partial charge in [0.15, 0.2) is 6.23 Å². The molecule has 1 heterocycles. The van der Waals surface area contributed by atoms with Crippen LogP contribution in [0.5, 0.6) is 5.75 Å². The molecule has 1 fully saturated rings. The van der Waals surface area contributed by atoms with Crippen molar-refractivity contribution in [3.63, 3.8) is 0 Å². The molecule has 28 heavy (non-hydrogen) atoms. The molecule has 0 saturated carbocycles. The maximum Gasteiger partial charge on any atom is 0.164 e. The third kappa shape index (κ3) is 4.28. The Kier molecular flexibility index (Phi) is 5.76. The monoisotopic (exact) mass is 436 g/mol. The first-order valence-electron chi connectivity index (χ1n) is 9.13. The predicted molar refractivity (Wildman–Crippen MR) is 116 cm³/mol. The molecule has 0 aromatic heterocycles. The number of nitrogens with one attached hydrogen (secondary N) is 1. The number of nitrogens with zero attached hydrogens (tertiary/aromatic N) is 1. The van der Waals surface area contributed by atoms with Gasteiger partial charge in [-0.3, -0.25) is 5.01 Å². The third-order valence-electron chi connectivity index (χ3n) is 4.63. The minimum absolute atomic E-state index is 0.507. The van der Waals surface area contributed by atoms with E-state index in [4.69, 9.17) is 4.74 Å². The lowest BCUT2D eigenvalue weighted by Gasteiger charge is -2.22. The summed E-state index contributed by atoms with van der Waals surface area (Å²) in [5.41, 5.74) is 7.12. The van der Waals surface area contributed by atoms with E-state index < -0.39 is 6.23 Å². The second-order valence-corrected chi connectivity index (χ2v) is 7.50. The Balaban J connectivity index is 1.52. The molecule has 1 atom stereocenters. The summed E-state index contributed by atoms with van der Waals surface area (Å²) >= 11 is 3.44. The van der Waals surface area contributed by atoms with Crippen LogP contribution in [0.2, 0.25) is 0 Å². The van der Waals surface area contributed by atoms with Crippen LogP contribution >= 0.6 is 15.9 Å². The zero-order chi connectivity index (χ0) is 19.3. The van der Waals surface area contributed by atoms with E-state index in [2.05, 4.69) is 21.4 Å². The fourth-order valence-electron chi connectivity index (χ4n) is 3.15. The smallest absolute Gasteiger partial charge is 0.164 e. The Bertz CT molecular complexity index is 958. The van der Waals surface area contributed by atoms with E-state index in [1.807, 2.05) is 84.9 Å². The summed E-state index contributed by atoms with van der Waals surface area (Å²) < 4.78 is 7.03. The Morgan fingerprint density at radius 3 is 2.50 bits per heavy atom. The molecule has 1 aliphatic rings. The summed E-state index contributed by atoms with van der Waals surface area (Å²) in [6.07, 6.45) is 1.26. The second-order valence-electron chi connectivity index (χ2n) is 6.59. The molecule has 0 spiro atoms. The molecule has 5 heteroatoms. The number of rotatable bonds is 5. The van der Waals surface area contributed by atoms with Crippen LogP contribution in [-0.4, -0.2) is 17.9 Å². The van der Waals surface area contributed by atoms with Gasteiger partial charge in [0.25, 0.3) is 0 Å². The van der Waals surface area contributed by atoms with Crippen molar-refractivity contribution in [2.24, 2.45) is 0 Å². The van der Waals surface area contributed by atoms with Gasteiger partial charge in [-0.05, 0) is 47.5 Å². The highest BCUT2D eigenvalue weighted by molar-refractivity contribution is 9.10. The van der Waals surface area contributed by atoms with Crippen molar-refractivity contribution in [1.82, 2.24) is 5.43 Å². The van der Waals surface area contributed by atoms with Crippen LogP contribution < -0.4 is 15.2 Å². The maximum atomic E-state index is 10.8. The SMILES string of the molecule is OC1C(=Cc2ccccc2OCc2ccccc2)CNN1c1ccc(Br)cc1. The number of anilines is 1. The van der Waals surface area contributed by atoms with Crippen molar-refractivity contribution in [3.05, 3.63) is 100 Å². The lowest BCUT2D eigenvalue weighted by molar-refractivity contribution is 0.216. The first-order valence-corrected chi connectivity index (χ1v) is 9.92. The first-order chi connectivity index (χ1) is 13.7. The van der Waals surface area contributed by atoms with Crippen LogP contribution in [0.1, 0.15) is 11.1 Å². The molecular formula is C23H21BrN2O2. The molecule has 1 unspecified atom stereocenters. The molecule has 1 saturated heterocycles. The largest absolute Gasteiger partial charge is 0.488 e. The minimum atomic E-state index is -0.733. The average Bonchev–Trinajstić information content (AvgIpc) is 3.09. The lowest BCUT2D eigenvalue weighted by atomic mass is 10.1. The number of ether oxygens (including phenoxy) is 1. The molecule has 0 amide bonds. The van der Waals surface area contributed by atoms with Gasteiger partial charge in [0, 0.05) is 16.6 Å². The molecule has 2 N–H and O–H groups in total. The molecule has 0 radical (unpaired) electrons. The number of hydrazine groups is 1. The average molecular weight is 437 g/mol. The molecule has 4 rings (SSSR count). The Morgan fingerprint density at radius 2 is 1.71 bits per heavy atom. The fourth-order valence-corrected chi connectivity index (χ4v) is 3.41. The van der Waals surface area contributed by atoms with Crippen LogP contribution in [0, 0.1) is 0 Å². The number of hydrogen-bond acceptors (Lipinski definition) is 4. The third-order valence-corrected chi connectivity index (χ3v) is 5.16. The van der Waals surface area contributed by atoms with Gasteiger partial charge in [0.05, 0.1) is 5.69 Å². The Hall–Kier alpha value is -2.60. The zero-order valence-corrected chi connectivity index (χ0v) is 16.8. The van der Waals surface area contributed by atoms with E-state index in [1.54, 1.807) is 5.01 Å². The normalized spacial score (nSPS) is 17.9. The van der Waals surface area contributed by atoms with Crippen LogP contribution in [0.15, 0.2) is 88.9 Å². The summed E-state index contributed by atoms with van der Waals surface area (Å²) in [5, 5.41) is 12.5. The summed E-state index contributed by atoms with van der Waals surface area (Å²) in [6.45, 7) is 1.08. The van der Waals surface area contributed by atoms with Gasteiger partial charge in [-0.1, -0.05) is 64.5 Å². The molecule has 4 nitrogen and oxygen atoms in total. The van der Waals surface area contributed by atoms with Crippen molar-refractivity contribution in [3.8, 4) is 5.75 Å². The molecular weight excluding hydrogens is 416 g/mol.